The van der Waals surface area contributed by atoms with Crippen molar-refractivity contribution in [2.45, 2.75) is 241 Å². The molecule has 1 saturated heterocycles. The van der Waals surface area contributed by atoms with Gasteiger partial charge in [-0.15, -0.1) is 0 Å². The second-order valence-electron chi connectivity index (χ2n) is 27.9. The van der Waals surface area contributed by atoms with E-state index in [9.17, 15) is 57.8 Å². The van der Waals surface area contributed by atoms with Crippen molar-refractivity contribution < 1.29 is 57.8 Å². The van der Waals surface area contributed by atoms with Crippen molar-refractivity contribution >= 4 is 65.4 Å². The lowest BCUT2D eigenvalue weighted by atomic mass is 9.90. The van der Waals surface area contributed by atoms with Gasteiger partial charge in [-0.2, -0.15) is 0 Å². The number of likely N-dealkylation sites (N-methyl/N-ethyl adjacent to an activating group) is 6. The van der Waals surface area contributed by atoms with Crippen molar-refractivity contribution in [3.63, 3.8) is 0 Å². The summed E-state index contributed by atoms with van der Waals surface area (Å²) < 4.78 is 0. The summed E-state index contributed by atoms with van der Waals surface area (Å²) in [5, 5.41) is 26.5. The molecule has 10 amide bonds. The summed E-state index contributed by atoms with van der Waals surface area (Å²) in [5.41, 5.74) is -1.86. The molecule has 1 aliphatic heterocycles. The Kier molecular flexibility index (Phi) is 34.5. The molecule has 0 aliphatic carbocycles. The second-order valence-corrected chi connectivity index (χ2v) is 27.9. The SMILES string of the molecule is CC[C@H]1NC(=O)[C@H]([C@H](O)[C@H](C)CCCCN(C)C)N(C)C(=O)CC(C)CCNC(=O)[C@H](CC(C)C)N(C)C(=O)[C@H](CC(C)C)N(C)C(=O)[C@H](C)N[C@H](C)C(=O)NC(=O)[C@H](CC(C)C)N(C)C(=O)[C@H](C(C)C)N[C@](C=O)(CC(C)C)N(C)C(=O)[C@@H](C)N(C)C1=O. The van der Waals surface area contributed by atoms with E-state index in [1.165, 1.54) is 87.6 Å². The molecule has 0 radical (unpaired) electrons. The maximum Gasteiger partial charge on any atom is 0.249 e. The highest BCUT2D eigenvalue weighted by molar-refractivity contribution is 6.02. The zero-order chi connectivity index (χ0) is 68.9. The van der Waals surface area contributed by atoms with Crippen LogP contribution in [0.3, 0.4) is 0 Å². The number of imide groups is 1. The number of unbranched alkanes of at least 4 members (excludes halogenated alkanes) is 1. The van der Waals surface area contributed by atoms with Gasteiger partial charge in [0.15, 0.2) is 11.9 Å². The molecule has 1 heterocycles. The molecule has 89 heavy (non-hydrogen) atoms. The number of carbonyl (C=O) groups excluding carboxylic acids is 11. The van der Waals surface area contributed by atoms with E-state index in [1.807, 2.05) is 81.3 Å². The summed E-state index contributed by atoms with van der Waals surface area (Å²) in [4.78, 5) is 168. The van der Waals surface area contributed by atoms with Crippen LogP contribution in [0.2, 0.25) is 0 Å². The zero-order valence-corrected chi connectivity index (χ0v) is 58.9. The van der Waals surface area contributed by atoms with Crippen LogP contribution in [-0.2, 0) is 52.7 Å². The average molecular weight is 1260 g/mol. The Bertz CT molecular complexity index is 2350. The molecule has 1 unspecified atom stereocenters. The van der Waals surface area contributed by atoms with Gasteiger partial charge in [-0.25, -0.2) is 0 Å². The molecule has 6 N–H and O–H groups in total. The van der Waals surface area contributed by atoms with Crippen LogP contribution in [0.1, 0.15) is 175 Å². The van der Waals surface area contributed by atoms with Gasteiger partial charge in [-0.05, 0) is 134 Å². The summed E-state index contributed by atoms with van der Waals surface area (Å²) in [6, 6.07) is -10.5. The summed E-state index contributed by atoms with van der Waals surface area (Å²) in [6.07, 6.45) is 2.19. The highest BCUT2D eigenvalue weighted by Crippen LogP contribution is 2.27. The first-order chi connectivity index (χ1) is 41.1. The number of aliphatic hydroxyl groups is 1. The standard InChI is InChI=1S/C65H120N12O12/c1-25-48-62(87)72(19)47(16)61(86)77(24)65(37-78,36-41(8)9)70-53(42(10)11)64(89)74(21)50(33-39(4)5)58(83)69-56(81)45(14)67-46(15)60(85)75(22)51(34-40(6)7)63(88)73(20)49(32-38(2)3)57(82)66-30-29-43(12)35-52(79)76(23)54(59(84)68-48)55(80)44(13)28-26-27-31-71(17)18/h37-51,53-55,67,70,80H,25-36H2,1-24H3,(H,66,82)(H,68,84)(H,69,81,83)/t43?,44-,45-,46+,47-,48-,49+,50+,51+,53+,54+,55-,65-/m1/s1. The Morgan fingerprint density at radius 2 is 1.12 bits per heavy atom. The number of aldehydes is 1. The lowest BCUT2D eigenvalue weighted by molar-refractivity contribution is -0.154. The lowest BCUT2D eigenvalue weighted by Crippen LogP contribution is -2.69. The van der Waals surface area contributed by atoms with Crippen molar-refractivity contribution in [3.05, 3.63) is 0 Å². The van der Waals surface area contributed by atoms with E-state index < -0.39 is 137 Å². The average Bonchev–Trinajstić information content (AvgIpc) is 0.890. The second kappa shape index (κ2) is 37.7. The number of hydrogen-bond donors (Lipinski definition) is 6. The number of carbonyl (C=O) groups is 11. The van der Waals surface area contributed by atoms with Gasteiger partial charge in [0, 0.05) is 55.3 Å². The Morgan fingerprint density at radius 3 is 1.62 bits per heavy atom. The molecule has 24 heteroatoms. The summed E-state index contributed by atoms with van der Waals surface area (Å²) in [7, 11) is 12.6. The van der Waals surface area contributed by atoms with Crippen LogP contribution in [0.15, 0.2) is 0 Å². The Hall–Kier alpha value is -5.59. The third-order valence-electron chi connectivity index (χ3n) is 17.4. The third-order valence-corrected chi connectivity index (χ3v) is 17.4. The molecule has 1 aliphatic rings. The Balaban J connectivity index is 4.19. The molecule has 512 valence electrons. The van der Waals surface area contributed by atoms with Gasteiger partial charge in [-0.1, -0.05) is 96.4 Å². The molecule has 0 aromatic rings. The fourth-order valence-corrected chi connectivity index (χ4v) is 11.4. The fourth-order valence-electron chi connectivity index (χ4n) is 11.4. The van der Waals surface area contributed by atoms with E-state index in [-0.39, 0.29) is 74.7 Å². The molecule has 13 atom stereocenters. The van der Waals surface area contributed by atoms with E-state index in [2.05, 4.69) is 26.6 Å². The molecule has 24 nitrogen and oxygen atoms in total. The van der Waals surface area contributed by atoms with Gasteiger partial charge < -0.3 is 50.0 Å². The van der Waals surface area contributed by atoms with Crippen LogP contribution < -0.4 is 26.6 Å². The molecule has 0 aromatic carbocycles. The summed E-state index contributed by atoms with van der Waals surface area (Å²) in [5.74, 6) is -8.18. The van der Waals surface area contributed by atoms with E-state index in [0.717, 1.165) is 24.3 Å². The number of rotatable bonds is 18. The molecular weight excluding hydrogens is 1140 g/mol. The minimum Gasteiger partial charge on any atom is -0.390 e. The van der Waals surface area contributed by atoms with E-state index >= 15 is 0 Å². The molecule has 0 bridgehead atoms. The number of hydrogen-bond acceptors (Lipinski definition) is 15. The van der Waals surface area contributed by atoms with Crippen LogP contribution in [0.4, 0.5) is 0 Å². The van der Waals surface area contributed by atoms with Gasteiger partial charge in [0.2, 0.25) is 59.1 Å². The van der Waals surface area contributed by atoms with Crippen molar-refractivity contribution in [3.8, 4) is 0 Å². The van der Waals surface area contributed by atoms with Crippen molar-refractivity contribution in [1.29, 1.82) is 0 Å². The summed E-state index contributed by atoms with van der Waals surface area (Å²) >= 11 is 0. The van der Waals surface area contributed by atoms with Crippen LogP contribution in [0.5, 0.6) is 0 Å². The maximum atomic E-state index is 14.9. The van der Waals surface area contributed by atoms with E-state index in [1.54, 1.807) is 27.7 Å². The van der Waals surface area contributed by atoms with Crippen LogP contribution in [0.25, 0.3) is 0 Å². The Morgan fingerprint density at radius 1 is 0.607 bits per heavy atom. The monoisotopic (exact) mass is 1260 g/mol. The number of nitrogens with zero attached hydrogens (tertiary/aromatic N) is 7. The minimum absolute atomic E-state index is 0.00681. The van der Waals surface area contributed by atoms with Gasteiger partial charge in [0.25, 0.3) is 0 Å². The van der Waals surface area contributed by atoms with Gasteiger partial charge in [0.1, 0.15) is 36.3 Å². The molecular formula is C65H120N12O12. The number of amides is 10. The van der Waals surface area contributed by atoms with Crippen LogP contribution in [-0.4, -0.2) is 240 Å². The minimum atomic E-state index is -1.86. The third kappa shape index (κ3) is 24.2. The predicted octanol–water partition coefficient (Wildman–Crippen LogP) is 3.47. The van der Waals surface area contributed by atoms with Crippen LogP contribution in [0, 0.1) is 41.4 Å². The lowest BCUT2D eigenvalue weighted by Gasteiger charge is -2.45. The molecule has 0 saturated carbocycles. The molecule has 1 rings (SSSR count). The van der Waals surface area contributed by atoms with Crippen molar-refractivity contribution in [2.24, 2.45) is 41.4 Å². The number of aliphatic hydroxyl groups excluding tert-OH is 1. The van der Waals surface area contributed by atoms with Gasteiger partial charge >= 0.3 is 0 Å². The van der Waals surface area contributed by atoms with Gasteiger partial charge in [-0.3, -0.25) is 68.7 Å². The molecule has 0 aromatic heterocycles. The first-order valence-corrected chi connectivity index (χ1v) is 32.5. The maximum absolute atomic E-state index is 14.9. The quantitative estimate of drug-likeness (QED) is 0.0651. The molecule has 0 spiro atoms. The van der Waals surface area contributed by atoms with E-state index in [4.69, 9.17) is 0 Å². The predicted molar refractivity (Wildman–Crippen MR) is 346 cm³/mol. The van der Waals surface area contributed by atoms with Crippen molar-refractivity contribution in [2.75, 3.05) is 69.5 Å². The first kappa shape index (κ1) is 81.4. The highest BCUT2D eigenvalue weighted by Gasteiger charge is 2.47. The van der Waals surface area contributed by atoms with Gasteiger partial charge in [0.05, 0.1) is 24.2 Å². The normalized spacial score (nSPS) is 28.1. The topological polar surface area (TPSA) is 291 Å². The van der Waals surface area contributed by atoms with E-state index in [0.29, 0.717) is 19.1 Å². The smallest absolute Gasteiger partial charge is 0.249 e. The summed E-state index contributed by atoms with van der Waals surface area (Å²) in [6.45, 7) is 29.2. The highest BCUT2D eigenvalue weighted by atomic mass is 16.3. The van der Waals surface area contributed by atoms with Crippen molar-refractivity contribution in [1.82, 2.24) is 60.9 Å². The fraction of sp³-hybridized carbons (Fsp3) is 0.831. The van der Waals surface area contributed by atoms with Crippen LogP contribution >= 0.6 is 0 Å². The molecule has 1 fully saturated rings. The Labute approximate surface area is 534 Å². The number of nitrogens with one attached hydrogen (secondary N) is 5. The largest absolute Gasteiger partial charge is 0.390 e. The zero-order valence-electron chi connectivity index (χ0n) is 58.9. The first-order valence-electron chi connectivity index (χ1n) is 32.5.